The lowest BCUT2D eigenvalue weighted by molar-refractivity contribution is -0.116. The van der Waals surface area contributed by atoms with E-state index in [9.17, 15) is 13.2 Å². The highest BCUT2D eigenvalue weighted by Gasteiger charge is 2.31. The highest BCUT2D eigenvalue weighted by molar-refractivity contribution is 8.00. The van der Waals surface area contributed by atoms with Crippen molar-refractivity contribution in [3.8, 4) is 5.75 Å². The van der Waals surface area contributed by atoms with E-state index in [1.54, 1.807) is 35.9 Å². The van der Waals surface area contributed by atoms with Crippen LogP contribution in [0, 0.1) is 0 Å². The van der Waals surface area contributed by atoms with E-state index >= 15 is 0 Å². The standard InChI is InChI=1S/C22H27N3O4S2/c1-16-15-25(17(2)26)21-14-20(7-8-22(21)30-16)31(27,28)24-11-9-23(10-12-24)18-5-4-6-19(13-18)29-3/h4-8,13-14,16H,9-12,15H2,1-3H3. The first-order chi connectivity index (χ1) is 14.8. The summed E-state index contributed by atoms with van der Waals surface area (Å²) in [6.45, 7) is 6.17. The SMILES string of the molecule is COc1cccc(N2CCN(S(=O)(=O)c3ccc4c(c3)N(C(C)=O)CC(C)S4)CC2)c1. The first-order valence-electron chi connectivity index (χ1n) is 10.3. The van der Waals surface area contributed by atoms with Crippen LogP contribution in [0.2, 0.25) is 0 Å². The smallest absolute Gasteiger partial charge is 0.243 e. The number of anilines is 2. The van der Waals surface area contributed by atoms with E-state index in [4.69, 9.17) is 4.74 Å². The van der Waals surface area contributed by atoms with E-state index in [0.29, 0.717) is 38.4 Å². The highest BCUT2D eigenvalue weighted by Crippen LogP contribution is 2.40. The number of thioether (sulfide) groups is 1. The van der Waals surface area contributed by atoms with Gasteiger partial charge in [-0.25, -0.2) is 8.42 Å². The van der Waals surface area contributed by atoms with Gasteiger partial charge in [-0.2, -0.15) is 4.31 Å². The second-order valence-corrected chi connectivity index (χ2v) is 11.2. The molecule has 2 aliphatic rings. The molecule has 0 aromatic heterocycles. The summed E-state index contributed by atoms with van der Waals surface area (Å²) in [6.07, 6.45) is 0. The summed E-state index contributed by atoms with van der Waals surface area (Å²) in [5.41, 5.74) is 1.71. The molecule has 7 nitrogen and oxygen atoms in total. The number of nitrogens with zero attached hydrogens (tertiary/aromatic N) is 3. The number of piperazine rings is 1. The monoisotopic (exact) mass is 461 g/mol. The molecule has 2 aromatic rings. The molecule has 0 bridgehead atoms. The maximum Gasteiger partial charge on any atom is 0.243 e. The molecule has 1 atom stereocenters. The molecule has 1 fully saturated rings. The summed E-state index contributed by atoms with van der Waals surface area (Å²) in [6, 6.07) is 12.9. The molecule has 2 aromatic carbocycles. The van der Waals surface area contributed by atoms with Crippen molar-refractivity contribution in [3.05, 3.63) is 42.5 Å². The van der Waals surface area contributed by atoms with Crippen LogP contribution in [0.3, 0.4) is 0 Å². The van der Waals surface area contributed by atoms with E-state index in [1.807, 2.05) is 30.3 Å². The zero-order valence-electron chi connectivity index (χ0n) is 17.9. The Balaban J connectivity index is 1.53. The summed E-state index contributed by atoms with van der Waals surface area (Å²) in [4.78, 5) is 17.1. The van der Waals surface area contributed by atoms with Crippen LogP contribution < -0.4 is 14.5 Å². The van der Waals surface area contributed by atoms with Gasteiger partial charge in [-0.05, 0) is 30.3 Å². The zero-order chi connectivity index (χ0) is 22.2. The van der Waals surface area contributed by atoms with Crippen LogP contribution >= 0.6 is 11.8 Å². The number of amides is 1. The maximum atomic E-state index is 13.3. The summed E-state index contributed by atoms with van der Waals surface area (Å²) in [7, 11) is -2.01. The lowest BCUT2D eigenvalue weighted by Crippen LogP contribution is -2.48. The first kappa shape index (κ1) is 22.0. The van der Waals surface area contributed by atoms with Crippen molar-refractivity contribution in [2.75, 3.05) is 49.6 Å². The van der Waals surface area contributed by atoms with E-state index in [0.717, 1.165) is 16.3 Å². The Morgan fingerprint density at radius 1 is 1.10 bits per heavy atom. The number of ether oxygens (including phenoxy) is 1. The molecule has 1 amide bonds. The van der Waals surface area contributed by atoms with E-state index in [-0.39, 0.29) is 16.1 Å². The molecule has 9 heteroatoms. The highest BCUT2D eigenvalue weighted by atomic mass is 32.2. The van der Waals surface area contributed by atoms with Gasteiger partial charge in [-0.3, -0.25) is 4.79 Å². The lowest BCUT2D eigenvalue weighted by atomic mass is 10.2. The van der Waals surface area contributed by atoms with Crippen LogP contribution in [0.15, 0.2) is 52.3 Å². The Kier molecular flexibility index (Phi) is 6.18. The maximum absolute atomic E-state index is 13.3. The van der Waals surface area contributed by atoms with Crippen LogP contribution in [0.25, 0.3) is 0 Å². The molecular formula is C22H27N3O4S2. The quantitative estimate of drug-likeness (QED) is 0.697. The van der Waals surface area contributed by atoms with Crippen LogP contribution in [-0.2, 0) is 14.8 Å². The van der Waals surface area contributed by atoms with Gasteiger partial charge in [0.2, 0.25) is 15.9 Å². The molecule has 0 spiro atoms. The van der Waals surface area contributed by atoms with Gasteiger partial charge >= 0.3 is 0 Å². The molecule has 2 heterocycles. The fourth-order valence-corrected chi connectivity index (χ4v) is 6.56. The molecule has 0 N–H and O–H groups in total. The summed E-state index contributed by atoms with van der Waals surface area (Å²) in [5, 5.41) is 0.267. The van der Waals surface area contributed by atoms with Gasteiger partial charge in [0.05, 0.1) is 17.7 Å². The zero-order valence-corrected chi connectivity index (χ0v) is 19.6. The summed E-state index contributed by atoms with van der Waals surface area (Å²) in [5.74, 6) is 0.707. The number of carbonyl (C=O) groups is 1. The minimum atomic E-state index is -3.64. The number of hydrogen-bond donors (Lipinski definition) is 0. The molecule has 1 unspecified atom stereocenters. The Hall–Kier alpha value is -2.23. The van der Waals surface area contributed by atoms with Crippen molar-refractivity contribution in [1.82, 2.24) is 4.31 Å². The fourth-order valence-electron chi connectivity index (χ4n) is 4.02. The fraction of sp³-hybridized carbons (Fsp3) is 0.409. The molecular weight excluding hydrogens is 434 g/mol. The predicted octanol–water partition coefficient (Wildman–Crippen LogP) is 3.05. The molecule has 0 aliphatic carbocycles. The average molecular weight is 462 g/mol. The minimum absolute atomic E-state index is 0.0742. The lowest BCUT2D eigenvalue weighted by Gasteiger charge is -2.36. The summed E-state index contributed by atoms with van der Waals surface area (Å²) < 4.78 is 33.5. The predicted molar refractivity (Wildman–Crippen MR) is 124 cm³/mol. The van der Waals surface area contributed by atoms with Gasteiger partial charge in [0.1, 0.15) is 5.75 Å². The second kappa shape index (κ2) is 8.72. The third kappa shape index (κ3) is 4.40. The Morgan fingerprint density at radius 2 is 1.84 bits per heavy atom. The van der Waals surface area contributed by atoms with E-state index < -0.39 is 10.0 Å². The van der Waals surface area contributed by atoms with Crippen molar-refractivity contribution >= 4 is 39.1 Å². The van der Waals surface area contributed by atoms with Gasteiger partial charge in [0.15, 0.2) is 0 Å². The van der Waals surface area contributed by atoms with Crippen LogP contribution in [0.4, 0.5) is 11.4 Å². The topological polar surface area (TPSA) is 70.2 Å². The molecule has 2 aliphatic heterocycles. The van der Waals surface area contributed by atoms with E-state index in [1.165, 1.54) is 11.2 Å². The van der Waals surface area contributed by atoms with Gasteiger partial charge in [0, 0.05) is 61.5 Å². The minimum Gasteiger partial charge on any atom is -0.497 e. The first-order valence-corrected chi connectivity index (χ1v) is 12.6. The van der Waals surface area contributed by atoms with Crippen LogP contribution in [0.5, 0.6) is 5.75 Å². The van der Waals surface area contributed by atoms with Crippen molar-refractivity contribution in [2.24, 2.45) is 0 Å². The Morgan fingerprint density at radius 3 is 2.52 bits per heavy atom. The number of hydrogen-bond acceptors (Lipinski definition) is 6. The van der Waals surface area contributed by atoms with Gasteiger partial charge in [0.25, 0.3) is 0 Å². The summed E-state index contributed by atoms with van der Waals surface area (Å²) >= 11 is 1.67. The number of benzene rings is 2. The van der Waals surface area contributed by atoms with Crippen molar-refractivity contribution in [1.29, 1.82) is 0 Å². The third-order valence-corrected chi connectivity index (χ3v) is 8.71. The number of sulfonamides is 1. The molecule has 166 valence electrons. The number of carbonyl (C=O) groups excluding carboxylic acids is 1. The molecule has 4 rings (SSSR count). The number of fused-ring (bicyclic) bond motifs is 1. The van der Waals surface area contributed by atoms with Gasteiger partial charge in [-0.15, -0.1) is 11.8 Å². The van der Waals surface area contributed by atoms with Crippen LogP contribution in [0.1, 0.15) is 13.8 Å². The number of rotatable bonds is 4. The Labute approximate surface area is 188 Å². The third-order valence-electron chi connectivity index (χ3n) is 5.66. The average Bonchev–Trinajstić information content (AvgIpc) is 2.78. The van der Waals surface area contributed by atoms with Gasteiger partial charge in [-0.1, -0.05) is 13.0 Å². The second-order valence-electron chi connectivity index (χ2n) is 7.78. The molecule has 0 radical (unpaired) electrons. The molecule has 31 heavy (non-hydrogen) atoms. The van der Waals surface area contributed by atoms with Crippen LogP contribution in [-0.4, -0.2) is 63.7 Å². The molecule has 1 saturated heterocycles. The van der Waals surface area contributed by atoms with Crippen molar-refractivity contribution in [2.45, 2.75) is 28.9 Å². The van der Waals surface area contributed by atoms with Crippen molar-refractivity contribution < 1.29 is 17.9 Å². The van der Waals surface area contributed by atoms with E-state index in [2.05, 4.69) is 11.8 Å². The molecule has 0 saturated carbocycles. The largest absolute Gasteiger partial charge is 0.497 e. The van der Waals surface area contributed by atoms with Crippen molar-refractivity contribution in [3.63, 3.8) is 0 Å². The Bertz CT molecular complexity index is 1080. The number of methoxy groups -OCH3 is 1. The van der Waals surface area contributed by atoms with Gasteiger partial charge < -0.3 is 14.5 Å². The normalized spacial score (nSPS) is 19.8.